The standard InChI is InChI=1S/C20H24N2/c1-3-8-18(9-4-1)13-15-21-20-12-7-16-22(20)17-14-19-10-5-2-6-11-19/h1-6,8-11H,7,12-17H2. The lowest BCUT2D eigenvalue weighted by atomic mass is 10.1. The highest BCUT2D eigenvalue weighted by Gasteiger charge is 2.17. The number of likely N-dealkylation sites (tertiary alicyclic amines) is 1. The summed E-state index contributed by atoms with van der Waals surface area (Å²) < 4.78 is 0. The van der Waals surface area contributed by atoms with Gasteiger partial charge in [-0.3, -0.25) is 4.99 Å². The molecule has 114 valence electrons. The van der Waals surface area contributed by atoms with Crippen molar-refractivity contribution in [2.24, 2.45) is 4.99 Å². The fourth-order valence-corrected chi connectivity index (χ4v) is 3.00. The van der Waals surface area contributed by atoms with Crippen LogP contribution in [0.5, 0.6) is 0 Å². The zero-order chi connectivity index (χ0) is 15.0. The quantitative estimate of drug-likeness (QED) is 0.786. The Bertz CT molecular complexity index is 590. The molecule has 2 nitrogen and oxygen atoms in total. The maximum absolute atomic E-state index is 4.85. The monoisotopic (exact) mass is 292 g/mol. The van der Waals surface area contributed by atoms with Crippen LogP contribution in [0.2, 0.25) is 0 Å². The van der Waals surface area contributed by atoms with E-state index in [9.17, 15) is 0 Å². The normalized spacial score (nSPS) is 16.4. The van der Waals surface area contributed by atoms with E-state index in [1.54, 1.807) is 0 Å². The van der Waals surface area contributed by atoms with Crippen LogP contribution in [0, 0.1) is 0 Å². The molecule has 0 aromatic heterocycles. The summed E-state index contributed by atoms with van der Waals surface area (Å²) in [5.41, 5.74) is 2.79. The molecule has 0 aliphatic carbocycles. The molecule has 0 N–H and O–H groups in total. The Hall–Kier alpha value is -2.09. The van der Waals surface area contributed by atoms with Gasteiger partial charge >= 0.3 is 0 Å². The van der Waals surface area contributed by atoms with Crippen LogP contribution in [0.3, 0.4) is 0 Å². The minimum atomic E-state index is 0.904. The molecule has 1 aliphatic heterocycles. The largest absolute Gasteiger partial charge is 0.360 e. The van der Waals surface area contributed by atoms with E-state index in [1.165, 1.54) is 23.4 Å². The molecule has 22 heavy (non-hydrogen) atoms. The number of aliphatic imine (C=N–C) groups is 1. The fraction of sp³-hybridized carbons (Fsp3) is 0.350. The Kier molecular flexibility index (Phi) is 5.25. The van der Waals surface area contributed by atoms with Crippen LogP contribution in [0.25, 0.3) is 0 Å². The van der Waals surface area contributed by atoms with Crippen LogP contribution in [0.4, 0.5) is 0 Å². The third-order valence-electron chi connectivity index (χ3n) is 4.24. The molecule has 2 aromatic carbocycles. The maximum Gasteiger partial charge on any atom is 0.0989 e. The number of amidine groups is 1. The number of hydrogen-bond acceptors (Lipinski definition) is 1. The van der Waals surface area contributed by atoms with Crippen molar-refractivity contribution >= 4 is 5.84 Å². The van der Waals surface area contributed by atoms with Crippen molar-refractivity contribution in [1.29, 1.82) is 0 Å². The number of hydrogen-bond donors (Lipinski definition) is 0. The molecule has 2 heteroatoms. The summed E-state index contributed by atoms with van der Waals surface area (Å²) in [6.45, 7) is 3.16. The van der Waals surface area contributed by atoms with Crippen LogP contribution < -0.4 is 0 Å². The van der Waals surface area contributed by atoms with Crippen LogP contribution in [-0.2, 0) is 12.8 Å². The molecule has 0 radical (unpaired) electrons. The number of nitrogens with zero attached hydrogens (tertiary/aromatic N) is 2. The summed E-state index contributed by atoms with van der Waals surface area (Å²) in [6.07, 6.45) is 4.54. The van der Waals surface area contributed by atoms with Crippen LogP contribution >= 0.6 is 0 Å². The summed E-state index contributed by atoms with van der Waals surface area (Å²) in [4.78, 5) is 7.33. The smallest absolute Gasteiger partial charge is 0.0989 e. The first-order valence-corrected chi connectivity index (χ1v) is 8.28. The van der Waals surface area contributed by atoms with Gasteiger partial charge in [-0.2, -0.15) is 0 Å². The molecule has 1 saturated heterocycles. The molecule has 0 bridgehead atoms. The SMILES string of the molecule is c1ccc(CCN=C2CCCN2CCc2ccccc2)cc1. The average molecular weight is 292 g/mol. The van der Waals surface area contributed by atoms with Crippen LogP contribution in [-0.4, -0.2) is 30.4 Å². The number of rotatable bonds is 6. The van der Waals surface area contributed by atoms with E-state index in [4.69, 9.17) is 4.99 Å². The van der Waals surface area contributed by atoms with Crippen molar-refractivity contribution in [3.05, 3.63) is 71.8 Å². The Labute approximate surface area is 133 Å². The van der Waals surface area contributed by atoms with Gasteiger partial charge in [0.1, 0.15) is 0 Å². The molecule has 0 atom stereocenters. The van der Waals surface area contributed by atoms with Crippen molar-refractivity contribution in [2.75, 3.05) is 19.6 Å². The molecule has 1 fully saturated rings. The van der Waals surface area contributed by atoms with Crippen molar-refractivity contribution in [1.82, 2.24) is 4.90 Å². The van der Waals surface area contributed by atoms with Crippen molar-refractivity contribution in [2.45, 2.75) is 25.7 Å². The molecule has 1 aliphatic rings. The van der Waals surface area contributed by atoms with Gasteiger partial charge in [0.25, 0.3) is 0 Å². The first kappa shape index (κ1) is 14.8. The van der Waals surface area contributed by atoms with Crippen molar-refractivity contribution < 1.29 is 0 Å². The minimum absolute atomic E-state index is 0.904. The molecule has 0 unspecified atom stereocenters. The Balaban J connectivity index is 1.50. The Morgan fingerprint density at radius 3 is 2.14 bits per heavy atom. The fourth-order valence-electron chi connectivity index (χ4n) is 3.00. The second-order valence-electron chi connectivity index (χ2n) is 5.86. The lowest BCUT2D eigenvalue weighted by molar-refractivity contribution is 0.456. The van der Waals surface area contributed by atoms with E-state index in [1.807, 2.05) is 0 Å². The lowest BCUT2D eigenvalue weighted by Gasteiger charge is -2.19. The predicted molar refractivity (Wildman–Crippen MR) is 93.4 cm³/mol. The highest BCUT2D eigenvalue weighted by atomic mass is 15.2. The molecular weight excluding hydrogens is 268 g/mol. The Morgan fingerprint density at radius 2 is 1.45 bits per heavy atom. The second kappa shape index (κ2) is 7.79. The molecule has 0 spiro atoms. The molecular formula is C20H24N2. The first-order valence-electron chi connectivity index (χ1n) is 8.28. The average Bonchev–Trinajstić information content (AvgIpc) is 3.02. The van der Waals surface area contributed by atoms with E-state index in [0.29, 0.717) is 0 Å². The highest BCUT2D eigenvalue weighted by molar-refractivity contribution is 5.84. The zero-order valence-electron chi connectivity index (χ0n) is 13.1. The third-order valence-corrected chi connectivity index (χ3v) is 4.24. The lowest BCUT2D eigenvalue weighted by Crippen LogP contribution is -2.27. The van der Waals surface area contributed by atoms with Gasteiger partial charge in [0.2, 0.25) is 0 Å². The van der Waals surface area contributed by atoms with Crippen molar-refractivity contribution in [3.8, 4) is 0 Å². The summed E-state index contributed by atoms with van der Waals surface area (Å²) in [5.74, 6) is 1.31. The molecule has 1 heterocycles. The highest BCUT2D eigenvalue weighted by Crippen LogP contribution is 2.13. The first-order chi connectivity index (χ1) is 10.9. The summed E-state index contributed by atoms with van der Waals surface area (Å²) in [7, 11) is 0. The van der Waals surface area contributed by atoms with E-state index in [-0.39, 0.29) is 0 Å². The summed E-state index contributed by atoms with van der Waals surface area (Å²) in [6, 6.07) is 21.4. The summed E-state index contributed by atoms with van der Waals surface area (Å²) in [5, 5.41) is 0. The van der Waals surface area contributed by atoms with E-state index < -0.39 is 0 Å². The Morgan fingerprint density at radius 1 is 0.818 bits per heavy atom. The maximum atomic E-state index is 4.85. The van der Waals surface area contributed by atoms with Gasteiger partial charge in [-0.25, -0.2) is 0 Å². The van der Waals surface area contributed by atoms with E-state index >= 15 is 0 Å². The zero-order valence-corrected chi connectivity index (χ0v) is 13.1. The molecule has 2 aromatic rings. The molecule has 0 saturated carbocycles. The predicted octanol–water partition coefficient (Wildman–Crippen LogP) is 3.97. The van der Waals surface area contributed by atoms with Gasteiger partial charge in [-0.1, -0.05) is 60.7 Å². The van der Waals surface area contributed by atoms with E-state index in [0.717, 1.165) is 38.9 Å². The van der Waals surface area contributed by atoms with Crippen LogP contribution in [0.1, 0.15) is 24.0 Å². The van der Waals surface area contributed by atoms with Gasteiger partial charge in [0, 0.05) is 26.1 Å². The van der Waals surface area contributed by atoms with Crippen molar-refractivity contribution in [3.63, 3.8) is 0 Å². The van der Waals surface area contributed by atoms with Crippen LogP contribution in [0.15, 0.2) is 65.7 Å². The second-order valence-corrected chi connectivity index (χ2v) is 5.86. The number of benzene rings is 2. The van der Waals surface area contributed by atoms with E-state index in [2.05, 4.69) is 65.6 Å². The van der Waals surface area contributed by atoms with Gasteiger partial charge in [-0.15, -0.1) is 0 Å². The molecule has 0 amide bonds. The molecule has 3 rings (SSSR count). The van der Waals surface area contributed by atoms with Gasteiger partial charge in [-0.05, 0) is 30.4 Å². The minimum Gasteiger partial charge on any atom is -0.360 e. The topological polar surface area (TPSA) is 15.6 Å². The van der Waals surface area contributed by atoms with Gasteiger partial charge in [0.15, 0.2) is 0 Å². The van der Waals surface area contributed by atoms with Gasteiger partial charge in [0.05, 0.1) is 5.84 Å². The third kappa shape index (κ3) is 4.20. The van der Waals surface area contributed by atoms with Gasteiger partial charge < -0.3 is 4.90 Å². The summed E-state index contributed by atoms with van der Waals surface area (Å²) >= 11 is 0.